The fraction of sp³-hybridized carbons (Fsp3) is 0.722. The van der Waals surface area contributed by atoms with Crippen molar-refractivity contribution in [1.29, 1.82) is 0 Å². The van der Waals surface area contributed by atoms with Crippen molar-refractivity contribution in [1.82, 2.24) is 16.0 Å². The molecule has 0 aliphatic heterocycles. The number of rotatable bonds is 13. The Morgan fingerprint density at radius 1 is 0.897 bits per heavy atom. The Labute approximate surface area is 170 Å². The first-order chi connectivity index (χ1) is 13.3. The number of aliphatic carboxylic acids is 1. The summed E-state index contributed by atoms with van der Waals surface area (Å²) < 4.78 is 0. The van der Waals surface area contributed by atoms with Gasteiger partial charge in [0.05, 0.1) is 6.04 Å². The molecule has 3 atom stereocenters. The van der Waals surface area contributed by atoms with E-state index in [2.05, 4.69) is 16.0 Å². The number of hydrogen-bond acceptors (Lipinski definition) is 6. The second-order valence-electron chi connectivity index (χ2n) is 7.64. The molecule has 8 N–H and O–H groups in total. The first-order valence-corrected chi connectivity index (χ1v) is 9.49. The fourth-order valence-corrected chi connectivity index (χ4v) is 2.39. The maximum atomic E-state index is 12.7. The van der Waals surface area contributed by atoms with E-state index in [0.717, 1.165) is 0 Å². The number of carbonyl (C=O) groups excluding carboxylic acids is 4. The third kappa shape index (κ3) is 11.0. The number of hydrogen-bond donors (Lipinski definition) is 6. The van der Waals surface area contributed by atoms with Crippen LogP contribution in [0.25, 0.3) is 0 Å². The lowest BCUT2D eigenvalue weighted by molar-refractivity contribution is -0.138. The maximum absolute atomic E-state index is 12.7. The van der Waals surface area contributed by atoms with Crippen LogP contribution in [-0.4, -0.2) is 59.4 Å². The van der Waals surface area contributed by atoms with Crippen molar-refractivity contribution in [2.45, 2.75) is 65.1 Å². The molecule has 0 aliphatic carbocycles. The number of primary amides is 1. The van der Waals surface area contributed by atoms with E-state index in [-0.39, 0.29) is 24.7 Å². The summed E-state index contributed by atoms with van der Waals surface area (Å²) in [7, 11) is 0. The summed E-state index contributed by atoms with van der Waals surface area (Å²) in [6.07, 6.45) is -0.00702. The van der Waals surface area contributed by atoms with Crippen LogP contribution < -0.4 is 27.4 Å². The van der Waals surface area contributed by atoms with Gasteiger partial charge in [-0.2, -0.15) is 0 Å². The lowest BCUT2D eigenvalue weighted by atomic mass is 10.00. The van der Waals surface area contributed by atoms with Gasteiger partial charge in [-0.1, -0.05) is 27.7 Å². The first-order valence-electron chi connectivity index (χ1n) is 9.49. The molecule has 11 heteroatoms. The van der Waals surface area contributed by atoms with E-state index >= 15 is 0 Å². The molecule has 0 aromatic heterocycles. The molecule has 29 heavy (non-hydrogen) atoms. The van der Waals surface area contributed by atoms with Gasteiger partial charge in [-0.05, 0) is 24.7 Å². The van der Waals surface area contributed by atoms with Gasteiger partial charge >= 0.3 is 5.97 Å². The zero-order valence-corrected chi connectivity index (χ0v) is 17.4. The molecule has 0 saturated carbocycles. The van der Waals surface area contributed by atoms with Crippen molar-refractivity contribution >= 4 is 29.6 Å². The van der Waals surface area contributed by atoms with E-state index in [1.54, 1.807) is 13.8 Å². The van der Waals surface area contributed by atoms with Crippen molar-refractivity contribution in [2.24, 2.45) is 23.3 Å². The number of carboxylic acids is 1. The average Bonchev–Trinajstić information content (AvgIpc) is 2.60. The van der Waals surface area contributed by atoms with Crippen LogP contribution in [0.3, 0.4) is 0 Å². The fourth-order valence-electron chi connectivity index (χ4n) is 2.39. The van der Waals surface area contributed by atoms with Gasteiger partial charge < -0.3 is 32.5 Å². The molecule has 0 aliphatic rings. The monoisotopic (exact) mass is 415 g/mol. The summed E-state index contributed by atoms with van der Waals surface area (Å²) in [6, 6.07) is -2.93. The predicted molar refractivity (Wildman–Crippen MR) is 105 cm³/mol. The highest BCUT2D eigenvalue weighted by Crippen LogP contribution is 2.08. The zero-order chi connectivity index (χ0) is 22.7. The van der Waals surface area contributed by atoms with Crippen LogP contribution >= 0.6 is 0 Å². The standard InChI is InChI=1S/C18H33N5O6/c1-9(2)7-12(23-18(29)15(20)10(3)4)17(28)22-11(5-6-13(19)24)16(27)21-8-14(25)26/h9-12,15H,5-8,20H2,1-4H3,(H2,19,24)(H,21,27)(H,22,28)(H,23,29)(H,25,26). The SMILES string of the molecule is CC(C)CC(NC(=O)C(N)C(C)C)C(=O)NC(CCC(N)=O)C(=O)NCC(=O)O. The van der Waals surface area contributed by atoms with Gasteiger partial charge in [-0.25, -0.2) is 0 Å². The van der Waals surface area contributed by atoms with Crippen LogP contribution in [0.5, 0.6) is 0 Å². The smallest absolute Gasteiger partial charge is 0.322 e. The molecule has 0 spiro atoms. The summed E-state index contributed by atoms with van der Waals surface area (Å²) in [5.41, 5.74) is 10.9. The van der Waals surface area contributed by atoms with Crippen molar-refractivity contribution in [2.75, 3.05) is 6.54 Å². The Kier molecular flexibility index (Phi) is 11.5. The van der Waals surface area contributed by atoms with E-state index in [1.165, 1.54) is 0 Å². The predicted octanol–water partition coefficient (Wildman–Crippen LogP) is -1.55. The molecule has 0 bridgehead atoms. The Hall–Kier alpha value is -2.69. The van der Waals surface area contributed by atoms with Gasteiger partial charge in [0, 0.05) is 6.42 Å². The third-order valence-electron chi connectivity index (χ3n) is 4.09. The molecule has 3 unspecified atom stereocenters. The molecule has 0 heterocycles. The highest BCUT2D eigenvalue weighted by atomic mass is 16.4. The topological polar surface area (TPSA) is 194 Å². The van der Waals surface area contributed by atoms with Crippen LogP contribution in [0.2, 0.25) is 0 Å². The van der Waals surface area contributed by atoms with Crippen LogP contribution in [0.15, 0.2) is 0 Å². The molecular weight excluding hydrogens is 382 g/mol. The van der Waals surface area contributed by atoms with Gasteiger partial charge in [0.2, 0.25) is 23.6 Å². The first kappa shape index (κ1) is 26.3. The van der Waals surface area contributed by atoms with E-state index in [4.69, 9.17) is 16.6 Å². The molecule has 166 valence electrons. The highest BCUT2D eigenvalue weighted by molar-refractivity contribution is 5.94. The summed E-state index contributed by atoms with van der Waals surface area (Å²) in [5.74, 6) is -3.92. The molecule has 4 amide bonds. The highest BCUT2D eigenvalue weighted by Gasteiger charge is 2.29. The number of carbonyl (C=O) groups is 5. The van der Waals surface area contributed by atoms with Crippen molar-refractivity contribution in [3.63, 3.8) is 0 Å². The van der Waals surface area contributed by atoms with Gasteiger partial charge in [0.15, 0.2) is 0 Å². The molecular formula is C18H33N5O6. The van der Waals surface area contributed by atoms with Crippen molar-refractivity contribution < 1.29 is 29.1 Å². The van der Waals surface area contributed by atoms with Gasteiger partial charge in [0.25, 0.3) is 0 Å². The van der Waals surface area contributed by atoms with Gasteiger partial charge in [-0.15, -0.1) is 0 Å². The Bertz CT molecular complexity index is 608. The molecule has 0 aromatic rings. The van der Waals surface area contributed by atoms with Gasteiger partial charge in [-0.3, -0.25) is 24.0 Å². The van der Waals surface area contributed by atoms with Crippen LogP contribution in [0.4, 0.5) is 0 Å². The van der Waals surface area contributed by atoms with Gasteiger partial charge in [0.1, 0.15) is 18.6 Å². The molecule has 0 aromatic carbocycles. The number of nitrogens with two attached hydrogens (primary N) is 2. The van der Waals surface area contributed by atoms with E-state index in [0.29, 0.717) is 6.42 Å². The zero-order valence-electron chi connectivity index (χ0n) is 17.4. The average molecular weight is 415 g/mol. The maximum Gasteiger partial charge on any atom is 0.322 e. The lowest BCUT2D eigenvalue weighted by Gasteiger charge is -2.25. The summed E-state index contributed by atoms with van der Waals surface area (Å²) in [6.45, 7) is 6.62. The minimum atomic E-state index is -1.26. The Morgan fingerprint density at radius 2 is 1.45 bits per heavy atom. The minimum absolute atomic E-state index is 0.0474. The van der Waals surface area contributed by atoms with E-state index in [1.807, 2.05) is 13.8 Å². The van der Waals surface area contributed by atoms with Crippen molar-refractivity contribution in [3.05, 3.63) is 0 Å². The number of carboxylic acid groups (broad SMARTS) is 1. The second kappa shape index (κ2) is 12.7. The quantitative estimate of drug-likeness (QED) is 0.209. The van der Waals surface area contributed by atoms with Crippen LogP contribution in [0.1, 0.15) is 47.0 Å². The molecule has 0 rings (SSSR count). The van der Waals surface area contributed by atoms with Crippen LogP contribution in [0, 0.1) is 11.8 Å². The molecule has 0 saturated heterocycles. The van der Waals surface area contributed by atoms with E-state index in [9.17, 15) is 24.0 Å². The normalized spacial score (nSPS) is 14.0. The van der Waals surface area contributed by atoms with Crippen LogP contribution in [-0.2, 0) is 24.0 Å². The minimum Gasteiger partial charge on any atom is -0.480 e. The third-order valence-corrected chi connectivity index (χ3v) is 4.09. The summed E-state index contributed by atoms with van der Waals surface area (Å²) in [4.78, 5) is 58.9. The second-order valence-corrected chi connectivity index (χ2v) is 7.64. The van der Waals surface area contributed by atoms with Crippen molar-refractivity contribution in [3.8, 4) is 0 Å². The van der Waals surface area contributed by atoms with E-state index < -0.39 is 54.3 Å². The summed E-state index contributed by atoms with van der Waals surface area (Å²) >= 11 is 0. The molecule has 11 nitrogen and oxygen atoms in total. The number of amides is 4. The molecule has 0 fully saturated rings. The summed E-state index contributed by atoms with van der Waals surface area (Å²) in [5, 5.41) is 15.9. The lowest BCUT2D eigenvalue weighted by Crippen LogP contribution is -2.57. The number of nitrogens with one attached hydrogen (secondary N) is 3. The Balaban J connectivity index is 5.30. The largest absolute Gasteiger partial charge is 0.480 e. The molecule has 0 radical (unpaired) electrons. The Morgan fingerprint density at radius 3 is 1.90 bits per heavy atom.